The van der Waals surface area contributed by atoms with Crippen LogP contribution >= 0.6 is 0 Å². The van der Waals surface area contributed by atoms with Crippen LogP contribution in [0, 0.1) is 5.82 Å². The van der Waals surface area contributed by atoms with Crippen LogP contribution in [-0.4, -0.2) is 43.7 Å². The lowest BCUT2D eigenvalue weighted by Gasteiger charge is -2.41. The molecule has 0 spiro atoms. The molecule has 0 aliphatic carbocycles. The maximum absolute atomic E-state index is 13.9. The number of benzene rings is 1. The predicted octanol–water partition coefficient (Wildman–Crippen LogP) is 1.86. The summed E-state index contributed by atoms with van der Waals surface area (Å²) in [6, 6.07) is 5.84. The van der Waals surface area contributed by atoms with Gasteiger partial charge in [-0.2, -0.15) is 0 Å². The van der Waals surface area contributed by atoms with Crippen molar-refractivity contribution in [2.45, 2.75) is 26.3 Å². The van der Waals surface area contributed by atoms with E-state index < -0.39 is 0 Å². The summed E-state index contributed by atoms with van der Waals surface area (Å²) in [5, 5.41) is 0. The summed E-state index contributed by atoms with van der Waals surface area (Å²) in [5.74, 6) is -0.131. The van der Waals surface area contributed by atoms with E-state index >= 15 is 0 Å². The third-order valence-electron chi connectivity index (χ3n) is 4.00. The van der Waals surface area contributed by atoms with E-state index in [-0.39, 0.29) is 5.82 Å². The molecule has 1 atom stereocenters. The van der Waals surface area contributed by atoms with E-state index in [9.17, 15) is 4.39 Å². The highest BCUT2D eigenvalue weighted by Crippen LogP contribution is 2.26. The van der Waals surface area contributed by atoms with Gasteiger partial charge in [-0.15, -0.1) is 0 Å². The summed E-state index contributed by atoms with van der Waals surface area (Å²) in [4.78, 5) is 4.75. The van der Waals surface area contributed by atoms with Crippen LogP contribution in [-0.2, 0) is 6.42 Å². The van der Waals surface area contributed by atoms with Gasteiger partial charge in [0.2, 0.25) is 0 Å². The minimum atomic E-state index is -0.131. The van der Waals surface area contributed by atoms with Crippen molar-refractivity contribution < 1.29 is 4.39 Å². The highest BCUT2D eigenvalue weighted by atomic mass is 19.1. The van der Waals surface area contributed by atoms with Crippen LogP contribution in [0.2, 0.25) is 0 Å². The topological polar surface area (TPSA) is 32.5 Å². The minimum Gasteiger partial charge on any atom is -0.368 e. The van der Waals surface area contributed by atoms with Crippen LogP contribution in [0.25, 0.3) is 0 Å². The number of nitrogens with zero attached hydrogens (tertiary/aromatic N) is 2. The number of nitrogens with two attached hydrogens (primary N) is 1. The summed E-state index contributed by atoms with van der Waals surface area (Å²) >= 11 is 0. The lowest BCUT2D eigenvalue weighted by atomic mass is 10.1. The molecule has 1 aromatic rings. The molecule has 106 valence electrons. The number of hydrogen-bond acceptors (Lipinski definition) is 3. The molecule has 0 amide bonds. The molecule has 1 unspecified atom stereocenters. The van der Waals surface area contributed by atoms with E-state index in [4.69, 9.17) is 5.73 Å². The number of halogens is 1. The molecule has 1 aromatic carbocycles. The van der Waals surface area contributed by atoms with Gasteiger partial charge in [-0.25, -0.2) is 4.39 Å². The van der Waals surface area contributed by atoms with Crippen LogP contribution in [0.5, 0.6) is 0 Å². The zero-order valence-electron chi connectivity index (χ0n) is 11.9. The molecule has 0 bridgehead atoms. The molecule has 1 saturated heterocycles. The Morgan fingerprint density at radius 3 is 2.79 bits per heavy atom. The molecule has 2 N–H and O–H groups in total. The Hall–Kier alpha value is -1.13. The maximum atomic E-state index is 13.9. The second kappa shape index (κ2) is 6.35. The monoisotopic (exact) mass is 265 g/mol. The molecule has 19 heavy (non-hydrogen) atoms. The van der Waals surface area contributed by atoms with Crippen LogP contribution in [0.3, 0.4) is 0 Å². The SMILES string of the molecule is CCN1CCN(c2cccc(F)c2CCN)CC1C. The fourth-order valence-corrected chi connectivity index (χ4v) is 2.92. The zero-order chi connectivity index (χ0) is 13.8. The first kappa shape index (κ1) is 14.3. The molecule has 3 nitrogen and oxygen atoms in total. The van der Waals surface area contributed by atoms with Gasteiger partial charge < -0.3 is 10.6 Å². The van der Waals surface area contributed by atoms with Gasteiger partial charge in [-0.05, 0) is 38.6 Å². The van der Waals surface area contributed by atoms with Gasteiger partial charge in [0.1, 0.15) is 5.82 Å². The Morgan fingerprint density at radius 2 is 2.16 bits per heavy atom. The molecule has 2 rings (SSSR count). The molecule has 1 heterocycles. The second-order valence-electron chi connectivity index (χ2n) is 5.20. The zero-order valence-corrected chi connectivity index (χ0v) is 11.9. The van der Waals surface area contributed by atoms with Crippen molar-refractivity contribution in [1.82, 2.24) is 4.90 Å². The predicted molar refractivity (Wildman–Crippen MR) is 78.1 cm³/mol. The summed E-state index contributed by atoms with van der Waals surface area (Å²) in [6.07, 6.45) is 0.602. The van der Waals surface area contributed by atoms with Crippen molar-refractivity contribution in [1.29, 1.82) is 0 Å². The quantitative estimate of drug-likeness (QED) is 0.902. The van der Waals surface area contributed by atoms with E-state index in [1.165, 1.54) is 6.07 Å². The number of anilines is 1. The van der Waals surface area contributed by atoms with Crippen LogP contribution in [0.4, 0.5) is 10.1 Å². The van der Waals surface area contributed by atoms with Gasteiger partial charge in [-0.3, -0.25) is 4.90 Å². The van der Waals surface area contributed by atoms with E-state index in [2.05, 4.69) is 23.6 Å². The molecule has 1 aliphatic rings. The fraction of sp³-hybridized carbons (Fsp3) is 0.600. The summed E-state index contributed by atoms with van der Waals surface area (Å²) in [6.45, 7) is 8.93. The standard InChI is InChI=1S/C15H24FN3/c1-3-18-9-10-19(11-12(18)2)15-6-4-5-14(16)13(15)7-8-17/h4-6,12H,3,7-11,17H2,1-2H3. The summed E-state index contributed by atoms with van der Waals surface area (Å²) in [5.41, 5.74) is 7.39. The Morgan fingerprint density at radius 1 is 1.37 bits per heavy atom. The van der Waals surface area contributed by atoms with Crippen molar-refractivity contribution in [3.05, 3.63) is 29.6 Å². The van der Waals surface area contributed by atoms with Crippen LogP contribution < -0.4 is 10.6 Å². The number of hydrogen-bond donors (Lipinski definition) is 1. The van der Waals surface area contributed by atoms with Crippen molar-refractivity contribution >= 4 is 5.69 Å². The van der Waals surface area contributed by atoms with Gasteiger partial charge in [-0.1, -0.05) is 13.0 Å². The van der Waals surface area contributed by atoms with Crippen LogP contribution in [0.15, 0.2) is 18.2 Å². The number of rotatable bonds is 4. The first-order valence-electron chi connectivity index (χ1n) is 7.13. The Balaban J connectivity index is 2.20. The Bertz CT molecular complexity index is 422. The third kappa shape index (κ3) is 3.07. The molecule has 0 saturated carbocycles. The van der Waals surface area contributed by atoms with Gasteiger partial charge >= 0.3 is 0 Å². The van der Waals surface area contributed by atoms with E-state index in [1.807, 2.05) is 6.07 Å². The molecule has 1 fully saturated rings. The summed E-state index contributed by atoms with van der Waals surface area (Å²) in [7, 11) is 0. The highest BCUT2D eigenvalue weighted by Gasteiger charge is 2.24. The molecule has 1 aliphatic heterocycles. The Labute approximate surface area is 115 Å². The smallest absolute Gasteiger partial charge is 0.128 e. The molecule has 0 radical (unpaired) electrons. The average Bonchev–Trinajstić information content (AvgIpc) is 2.41. The van der Waals surface area contributed by atoms with Crippen molar-refractivity contribution in [3.8, 4) is 0 Å². The molecular weight excluding hydrogens is 241 g/mol. The van der Waals surface area contributed by atoms with E-state index in [1.54, 1.807) is 6.07 Å². The minimum absolute atomic E-state index is 0.131. The molecular formula is C15H24FN3. The first-order valence-corrected chi connectivity index (χ1v) is 7.13. The van der Waals surface area contributed by atoms with Gasteiger partial charge in [0, 0.05) is 36.9 Å². The van der Waals surface area contributed by atoms with E-state index in [0.29, 0.717) is 19.0 Å². The third-order valence-corrected chi connectivity index (χ3v) is 4.00. The maximum Gasteiger partial charge on any atom is 0.128 e. The normalized spacial score (nSPS) is 20.8. The first-order chi connectivity index (χ1) is 9.17. The number of likely N-dealkylation sites (N-methyl/N-ethyl adjacent to an activating group) is 1. The van der Waals surface area contributed by atoms with Crippen LogP contribution in [0.1, 0.15) is 19.4 Å². The highest BCUT2D eigenvalue weighted by molar-refractivity contribution is 5.55. The fourth-order valence-electron chi connectivity index (χ4n) is 2.92. The summed E-state index contributed by atoms with van der Waals surface area (Å²) < 4.78 is 13.9. The van der Waals surface area contributed by atoms with Gasteiger partial charge in [0.25, 0.3) is 0 Å². The molecule has 4 heteroatoms. The lowest BCUT2D eigenvalue weighted by molar-refractivity contribution is 0.199. The van der Waals surface area contributed by atoms with Gasteiger partial charge in [0.05, 0.1) is 0 Å². The number of piperazine rings is 1. The Kier molecular flexibility index (Phi) is 4.77. The van der Waals surface area contributed by atoms with E-state index in [0.717, 1.165) is 37.4 Å². The largest absolute Gasteiger partial charge is 0.368 e. The van der Waals surface area contributed by atoms with Crippen molar-refractivity contribution in [3.63, 3.8) is 0 Å². The lowest BCUT2D eigenvalue weighted by Crippen LogP contribution is -2.52. The molecule has 0 aromatic heterocycles. The van der Waals surface area contributed by atoms with Gasteiger partial charge in [0.15, 0.2) is 0 Å². The van der Waals surface area contributed by atoms with Crippen molar-refractivity contribution in [2.75, 3.05) is 37.6 Å². The average molecular weight is 265 g/mol. The van der Waals surface area contributed by atoms with Crippen molar-refractivity contribution in [2.24, 2.45) is 5.73 Å². The second-order valence-corrected chi connectivity index (χ2v) is 5.20.